The summed E-state index contributed by atoms with van der Waals surface area (Å²) in [6, 6.07) is 14.9. The van der Waals surface area contributed by atoms with Crippen molar-refractivity contribution >= 4 is 14.2 Å². The Morgan fingerprint density at radius 2 is 1.78 bits per heavy atom. The van der Waals surface area contributed by atoms with Gasteiger partial charge in [-0.25, -0.2) is 9.78 Å². The predicted octanol–water partition coefficient (Wildman–Crippen LogP) is 8.35. The summed E-state index contributed by atoms with van der Waals surface area (Å²) in [5, 5.41) is 0. The summed E-state index contributed by atoms with van der Waals surface area (Å²) in [6.07, 6.45) is 3.34. The van der Waals surface area contributed by atoms with E-state index in [1.165, 1.54) is 5.56 Å². The molecule has 0 bridgehead atoms. The number of imidazole rings is 1. The second kappa shape index (κ2) is 11.6. The Kier molecular flexibility index (Phi) is 8.57. The van der Waals surface area contributed by atoms with Crippen LogP contribution in [-0.4, -0.2) is 41.2 Å². The first-order valence-electron chi connectivity index (χ1n) is 14.4. The van der Waals surface area contributed by atoms with Gasteiger partial charge in [-0.15, -0.1) is 5.54 Å². The largest absolute Gasteiger partial charge is 0.444 e. The number of carbonyl (C=O) groups is 1. The predicted molar refractivity (Wildman–Crippen MR) is 171 cm³/mol. The zero-order chi connectivity index (χ0) is 30.0. The van der Waals surface area contributed by atoms with E-state index in [2.05, 4.69) is 111 Å². The maximum atomic E-state index is 12.9. The van der Waals surface area contributed by atoms with Crippen molar-refractivity contribution in [2.75, 3.05) is 6.54 Å². The Labute approximate surface area is 247 Å². The standard InChI is InChI=1S/C35H43N3O2Si/c1-34(2,3)28-16-12-15-26(22-28)29-23-27(19-18-25(29)14-10-11-21-41(7,8)9)30-24-36-32(37-30)31-17-13-20-38(31)33(39)40-35(4,5)6/h12,15-16,18-19,22-24,31H,13,17,20H2,1-9H3,(H,36,37)/t31-/m0/s1. The first-order chi connectivity index (χ1) is 19.1. The normalized spacial score (nSPS) is 15.5. The first kappa shape index (κ1) is 30.2. The Morgan fingerprint density at radius 3 is 2.46 bits per heavy atom. The number of aromatic nitrogens is 2. The minimum absolute atomic E-state index is 0.0296. The van der Waals surface area contributed by atoms with Crippen LogP contribution in [0.4, 0.5) is 4.79 Å². The molecule has 1 atom stereocenters. The average molecular weight is 566 g/mol. The number of likely N-dealkylation sites (tertiary alicyclic amines) is 1. The van der Waals surface area contributed by atoms with E-state index in [0.717, 1.165) is 46.6 Å². The molecule has 0 spiro atoms. The van der Waals surface area contributed by atoms with Crippen LogP contribution >= 0.6 is 0 Å². The number of carbonyl (C=O) groups excluding carboxylic acids is 1. The number of hydrogen-bond acceptors (Lipinski definition) is 3. The summed E-state index contributed by atoms with van der Waals surface area (Å²) in [5.74, 6) is 10.3. The van der Waals surface area contributed by atoms with Crippen LogP contribution < -0.4 is 0 Å². The quantitative estimate of drug-likeness (QED) is 0.256. The Morgan fingerprint density at radius 1 is 1.02 bits per heavy atom. The molecule has 1 aliphatic heterocycles. The summed E-state index contributed by atoms with van der Waals surface area (Å²) in [4.78, 5) is 22.9. The second-order valence-electron chi connectivity index (χ2n) is 13.9. The van der Waals surface area contributed by atoms with E-state index in [0.29, 0.717) is 6.54 Å². The van der Waals surface area contributed by atoms with Gasteiger partial charge in [-0.2, -0.15) is 0 Å². The lowest BCUT2D eigenvalue weighted by molar-refractivity contribution is 0.0218. The van der Waals surface area contributed by atoms with Gasteiger partial charge in [0.05, 0.1) is 17.9 Å². The highest BCUT2D eigenvalue weighted by Gasteiger charge is 2.34. The van der Waals surface area contributed by atoms with Gasteiger partial charge in [-0.3, -0.25) is 4.90 Å². The van der Waals surface area contributed by atoms with Gasteiger partial charge in [-0.1, -0.05) is 76.7 Å². The number of aromatic amines is 1. The molecule has 0 aliphatic carbocycles. The zero-order valence-electron chi connectivity index (χ0n) is 26.0. The highest BCUT2D eigenvalue weighted by molar-refractivity contribution is 6.83. The summed E-state index contributed by atoms with van der Waals surface area (Å²) in [7, 11) is -1.49. The van der Waals surface area contributed by atoms with E-state index >= 15 is 0 Å². The van der Waals surface area contributed by atoms with Crippen LogP contribution in [0.5, 0.6) is 0 Å². The van der Waals surface area contributed by atoms with E-state index < -0.39 is 13.7 Å². The molecule has 1 aliphatic rings. The lowest BCUT2D eigenvalue weighted by Gasteiger charge is -2.27. The lowest BCUT2D eigenvalue weighted by atomic mass is 9.85. The van der Waals surface area contributed by atoms with Gasteiger partial charge in [0.2, 0.25) is 0 Å². The summed E-state index contributed by atoms with van der Waals surface area (Å²) in [5.41, 5.74) is 9.13. The van der Waals surface area contributed by atoms with Crippen LogP contribution in [0.3, 0.4) is 0 Å². The van der Waals surface area contributed by atoms with Gasteiger partial charge in [-0.05, 0) is 79.7 Å². The maximum absolute atomic E-state index is 12.9. The monoisotopic (exact) mass is 565 g/mol. The Bertz CT molecular complexity index is 1540. The minimum Gasteiger partial charge on any atom is -0.444 e. The molecule has 41 heavy (non-hydrogen) atoms. The van der Waals surface area contributed by atoms with E-state index in [1.807, 2.05) is 27.0 Å². The highest BCUT2D eigenvalue weighted by atomic mass is 28.3. The number of nitrogens with one attached hydrogen (secondary N) is 1. The van der Waals surface area contributed by atoms with Crippen LogP contribution in [0.15, 0.2) is 48.7 Å². The molecule has 0 radical (unpaired) electrons. The fourth-order valence-electron chi connectivity index (χ4n) is 4.77. The number of rotatable bonds is 3. The van der Waals surface area contributed by atoms with Gasteiger partial charge in [0, 0.05) is 17.7 Å². The van der Waals surface area contributed by atoms with Crippen LogP contribution in [-0.2, 0) is 10.2 Å². The number of nitrogens with zero attached hydrogens (tertiary/aromatic N) is 2. The Hall–Kier alpha value is -3.74. The number of amides is 1. The third kappa shape index (κ3) is 7.93. The number of ether oxygens (including phenoxy) is 1. The molecule has 214 valence electrons. The van der Waals surface area contributed by atoms with Gasteiger partial charge in [0.15, 0.2) is 0 Å². The molecule has 1 N–H and O–H groups in total. The van der Waals surface area contributed by atoms with Crippen molar-refractivity contribution < 1.29 is 9.53 Å². The van der Waals surface area contributed by atoms with Crippen molar-refractivity contribution in [3.63, 3.8) is 0 Å². The zero-order valence-corrected chi connectivity index (χ0v) is 27.0. The molecular weight excluding hydrogens is 522 g/mol. The molecule has 3 aromatic rings. The van der Waals surface area contributed by atoms with Crippen molar-refractivity contribution in [2.45, 2.75) is 91.1 Å². The minimum atomic E-state index is -1.49. The van der Waals surface area contributed by atoms with Crippen molar-refractivity contribution in [3.8, 4) is 45.7 Å². The SMILES string of the molecule is CC(C)(C)OC(=O)N1CCC[C@H]1c1ncc(-c2ccc(C#CC#C[Si](C)(C)C)c(-c3cccc(C(C)(C)C)c3)c2)[nH]1. The molecule has 1 fully saturated rings. The second-order valence-corrected chi connectivity index (χ2v) is 18.6. The van der Waals surface area contributed by atoms with E-state index in [1.54, 1.807) is 4.90 Å². The fourth-order valence-corrected chi connectivity index (χ4v) is 5.21. The van der Waals surface area contributed by atoms with Crippen LogP contribution in [0.25, 0.3) is 22.4 Å². The van der Waals surface area contributed by atoms with Gasteiger partial charge in [0.1, 0.15) is 19.5 Å². The average Bonchev–Trinajstić information content (AvgIpc) is 3.55. The van der Waals surface area contributed by atoms with Gasteiger partial charge >= 0.3 is 6.09 Å². The molecule has 2 aromatic carbocycles. The molecule has 1 amide bonds. The number of hydrogen-bond donors (Lipinski definition) is 1. The van der Waals surface area contributed by atoms with Crippen molar-refractivity contribution in [1.29, 1.82) is 0 Å². The summed E-state index contributed by atoms with van der Waals surface area (Å²) < 4.78 is 5.66. The molecule has 5 nitrogen and oxygen atoms in total. The van der Waals surface area contributed by atoms with Crippen molar-refractivity contribution in [2.24, 2.45) is 0 Å². The molecule has 4 rings (SSSR count). The van der Waals surface area contributed by atoms with Gasteiger partial charge < -0.3 is 9.72 Å². The molecule has 1 aromatic heterocycles. The van der Waals surface area contributed by atoms with Crippen molar-refractivity contribution in [1.82, 2.24) is 14.9 Å². The van der Waals surface area contributed by atoms with E-state index in [9.17, 15) is 4.79 Å². The molecule has 0 unspecified atom stereocenters. The Balaban J connectivity index is 1.72. The molecule has 0 saturated carbocycles. The topological polar surface area (TPSA) is 58.2 Å². The molecular formula is C35H43N3O2Si. The summed E-state index contributed by atoms with van der Waals surface area (Å²) >= 11 is 0. The molecule has 2 heterocycles. The molecule has 1 saturated heterocycles. The van der Waals surface area contributed by atoms with Crippen LogP contribution in [0.2, 0.25) is 19.6 Å². The van der Waals surface area contributed by atoms with Crippen LogP contribution in [0, 0.1) is 23.3 Å². The first-order valence-corrected chi connectivity index (χ1v) is 17.9. The molecule has 6 heteroatoms. The summed E-state index contributed by atoms with van der Waals surface area (Å²) in [6.45, 7) is 19.7. The van der Waals surface area contributed by atoms with E-state index in [4.69, 9.17) is 9.72 Å². The third-order valence-corrected chi connectivity index (χ3v) is 7.73. The van der Waals surface area contributed by atoms with Gasteiger partial charge in [0.25, 0.3) is 0 Å². The van der Waals surface area contributed by atoms with Crippen LogP contribution in [0.1, 0.15) is 77.4 Å². The highest BCUT2D eigenvalue weighted by Crippen LogP contribution is 2.35. The van der Waals surface area contributed by atoms with E-state index in [-0.39, 0.29) is 17.6 Å². The number of H-pyrrole nitrogens is 1. The lowest BCUT2D eigenvalue weighted by Crippen LogP contribution is -2.36. The smallest absolute Gasteiger partial charge is 0.410 e. The maximum Gasteiger partial charge on any atom is 0.410 e. The number of benzene rings is 2. The third-order valence-electron chi connectivity index (χ3n) is 6.86. The fraction of sp³-hybridized carbons (Fsp3) is 0.429. The van der Waals surface area contributed by atoms with Crippen molar-refractivity contribution in [3.05, 3.63) is 65.6 Å².